The molecule has 182 valence electrons. The maximum atomic E-state index is 14.1. The Morgan fingerprint density at radius 3 is 2.03 bits per heavy atom. The van der Waals surface area contributed by atoms with E-state index in [4.69, 9.17) is 0 Å². The van der Waals surface area contributed by atoms with E-state index in [2.05, 4.69) is 41.8 Å². The van der Waals surface area contributed by atoms with Crippen LogP contribution in [-0.2, 0) is 5.60 Å². The van der Waals surface area contributed by atoms with Gasteiger partial charge in [0.15, 0.2) is 11.6 Å². The van der Waals surface area contributed by atoms with E-state index in [9.17, 15) is 13.9 Å². The monoisotopic (exact) mass is 596 g/mol. The van der Waals surface area contributed by atoms with Gasteiger partial charge >= 0.3 is 0 Å². The van der Waals surface area contributed by atoms with Crippen LogP contribution in [0, 0.1) is 17.6 Å². The number of hydrogen-bond donors (Lipinski definition) is 1. The highest BCUT2D eigenvalue weighted by atomic mass is 79.9. The molecule has 1 N–H and O–H groups in total. The molecule has 34 heavy (non-hydrogen) atoms. The molecule has 4 aromatic rings. The average molecular weight is 598 g/mol. The van der Waals surface area contributed by atoms with E-state index in [-0.39, 0.29) is 29.6 Å². The lowest BCUT2D eigenvalue weighted by Crippen LogP contribution is -2.29. The molecule has 1 aliphatic rings. The number of aliphatic hydroxyl groups is 1. The summed E-state index contributed by atoms with van der Waals surface area (Å²) in [5.74, 6) is 0.153. The third-order valence-electron chi connectivity index (χ3n) is 6.21. The second-order valence-electron chi connectivity index (χ2n) is 9.58. The highest BCUT2D eigenvalue weighted by Gasteiger charge is 2.45. The van der Waals surface area contributed by atoms with Gasteiger partial charge < -0.3 is 14.2 Å². The molecule has 0 spiro atoms. The first-order valence-corrected chi connectivity index (χ1v) is 12.9. The molecular weight excluding hydrogens is 570 g/mol. The van der Waals surface area contributed by atoms with Crippen LogP contribution in [-0.4, -0.2) is 24.2 Å². The molecule has 2 aromatic carbocycles. The summed E-state index contributed by atoms with van der Waals surface area (Å²) >= 11 is 6.59. The van der Waals surface area contributed by atoms with Crippen molar-refractivity contribution in [2.45, 2.75) is 65.1 Å². The summed E-state index contributed by atoms with van der Waals surface area (Å²) < 4.78 is 32.9. The van der Waals surface area contributed by atoms with E-state index in [1.165, 1.54) is 12.1 Å². The van der Waals surface area contributed by atoms with Gasteiger partial charge in [-0.2, -0.15) is 0 Å². The van der Waals surface area contributed by atoms with Crippen molar-refractivity contribution in [1.82, 2.24) is 19.1 Å². The van der Waals surface area contributed by atoms with Gasteiger partial charge in [0.2, 0.25) is 0 Å². The summed E-state index contributed by atoms with van der Waals surface area (Å²) in [6.07, 6.45) is 3.67. The third kappa shape index (κ3) is 4.66. The fourth-order valence-electron chi connectivity index (χ4n) is 4.30. The maximum Gasteiger partial charge on any atom is 0.152 e. The lowest BCUT2D eigenvalue weighted by molar-refractivity contribution is 0.0200. The van der Waals surface area contributed by atoms with Crippen molar-refractivity contribution < 1.29 is 13.9 Å². The van der Waals surface area contributed by atoms with Gasteiger partial charge in [0, 0.05) is 21.0 Å². The van der Waals surface area contributed by atoms with Gasteiger partial charge in [-0.15, -0.1) is 0 Å². The smallest absolute Gasteiger partial charge is 0.152 e. The quantitative estimate of drug-likeness (QED) is 0.263. The van der Waals surface area contributed by atoms with E-state index < -0.39 is 5.60 Å². The third-order valence-corrected chi connectivity index (χ3v) is 7.12. The first-order chi connectivity index (χ1) is 15.9. The summed E-state index contributed by atoms with van der Waals surface area (Å²) in [5.41, 5.74) is 1.32. The topological polar surface area (TPSA) is 55.9 Å². The zero-order valence-corrected chi connectivity index (χ0v) is 23.0. The Labute approximate surface area is 214 Å². The SMILES string of the molecule is CC(C)n1c(C(C)(O)C2CC2)nc2c(F)cc(Br)cc21.CC(C)n1cnc2c(F)cc(Br)cc21. The molecule has 1 saturated carbocycles. The van der Waals surface area contributed by atoms with Crippen LogP contribution in [0.1, 0.15) is 65.4 Å². The molecule has 0 radical (unpaired) electrons. The van der Waals surface area contributed by atoms with Gasteiger partial charge in [-0.25, -0.2) is 18.7 Å². The highest BCUT2D eigenvalue weighted by molar-refractivity contribution is 9.10. The van der Waals surface area contributed by atoms with Crippen LogP contribution in [0.5, 0.6) is 0 Å². The zero-order chi connectivity index (χ0) is 24.9. The van der Waals surface area contributed by atoms with Crippen molar-refractivity contribution in [3.63, 3.8) is 0 Å². The second kappa shape index (κ2) is 9.32. The van der Waals surface area contributed by atoms with Crippen molar-refractivity contribution >= 4 is 53.9 Å². The lowest BCUT2D eigenvalue weighted by atomic mass is 9.99. The van der Waals surface area contributed by atoms with Gasteiger partial charge in [0.25, 0.3) is 0 Å². The summed E-state index contributed by atoms with van der Waals surface area (Å²) in [5, 5.41) is 10.8. The Balaban J connectivity index is 0.000000172. The Morgan fingerprint density at radius 2 is 1.50 bits per heavy atom. The van der Waals surface area contributed by atoms with Gasteiger partial charge in [0.05, 0.1) is 17.4 Å². The van der Waals surface area contributed by atoms with Gasteiger partial charge in [-0.3, -0.25) is 0 Å². The number of hydrogen-bond acceptors (Lipinski definition) is 3. The van der Waals surface area contributed by atoms with Gasteiger partial charge in [-0.05, 0) is 77.6 Å². The Hall–Kier alpha value is -1.84. The minimum Gasteiger partial charge on any atom is -0.382 e. The highest BCUT2D eigenvalue weighted by Crippen LogP contribution is 2.46. The molecule has 9 heteroatoms. The summed E-state index contributed by atoms with van der Waals surface area (Å²) in [7, 11) is 0. The molecule has 5 rings (SSSR count). The Kier molecular flexibility index (Phi) is 6.92. The van der Waals surface area contributed by atoms with Crippen molar-refractivity contribution in [2.75, 3.05) is 0 Å². The fourth-order valence-corrected chi connectivity index (χ4v) is 5.13. The lowest BCUT2D eigenvalue weighted by Gasteiger charge is -2.25. The second-order valence-corrected chi connectivity index (χ2v) is 11.4. The molecule has 2 aromatic heterocycles. The number of imidazole rings is 2. The van der Waals surface area contributed by atoms with Crippen LogP contribution in [0.3, 0.4) is 0 Å². The number of rotatable bonds is 4. The van der Waals surface area contributed by atoms with Crippen molar-refractivity contribution in [3.05, 3.63) is 57.0 Å². The van der Waals surface area contributed by atoms with Crippen LogP contribution in [0.2, 0.25) is 0 Å². The van der Waals surface area contributed by atoms with Gasteiger partial charge in [-0.1, -0.05) is 31.9 Å². The molecule has 0 aliphatic heterocycles. The van der Waals surface area contributed by atoms with Crippen molar-refractivity contribution in [3.8, 4) is 0 Å². The van der Waals surface area contributed by atoms with Crippen LogP contribution in [0.4, 0.5) is 8.78 Å². The van der Waals surface area contributed by atoms with Crippen LogP contribution < -0.4 is 0 Å². The summed E-state index contributed by atoms with van der Waals surface area (Å²) in [6.45, 7) is 9.91. The van der Waals surface area contributed by atoms with E-state index in [0.29, 0.717) is 21.3 Å². The average Bonchev–Trinajstić information content (AvgIpc) is 3.38. The summed E-state index contributed by atoms with van der Waals surface area (Å²) in [4.78, 5) is 8.47. The molecule has 1 fully saturated rings. The van der Waals surface area contributed by atoms with E-state index in [1.54, 1.807) is 13.3 Å². The number of fused-ring (bicyclic) bond motifs is 2. The molecule has 0 saturated heterocycles. The predicted octanol–water partition coefficient (Wildman–Crippen LogP) is 7.66. The Bertz CT molecular complexity index is 1360. The molecule has 1 aliphatic carbocycles. The van der Waals surface area contributed by atoms with E-state index in [1.807, 2.05) is 49.0 Å². The predicted molar refractivity (Wildman–Crippen MR) is 138 cm³/mol. The maximum absolute atomic E-state index is 14.1. The number of nitrogens with zero attached hydrogens (tertiary/aromatic N) is 4. The molecule has 2 heterocycles. The van der Waals surface area contributed by atoms with Crippen LogP contribution in [0.25, 0.3) is 22.1 Å². The number of halogens is 4. The zero-order valence-electron chi connectivity index (χ0n) is 19.8. The first-order valence-electron chi connectivity index (χ1n) is 11.3. The van der Waals surface area contributed by atoms with E-state index in [0.717, 1.165) is 28.3 Å². The minimum absolute atomic E-state index is 0.105. The van der Waals surface area contributed by atoms with E-state index >= 15 is 0 Å². The first kappa shape index (κ1) is 25.3. The largest absolute Gasteiger partial charge is 0.382 e. The molecule has 1 atom stereocenters. The molecule has 1 unspecified atom stereocenters. The fraction of sp³-hybridized carbons (Fsp3) is 0.440. The summed E-state index contributed by atoms with van der Waals surface area (Å²) in [6, 6.07) is 6.97. The molecule has 0 bridgehead atoms. The van der Waals surface area contributed by atoms with Gasteiger partial charge in [0.1, 0.15) is 22.5 Å². The van der Waals surface area contributed by atoms with Crippen LogP contribution >= 0.6 is 31.9 Å². The molecular formula is C25H28Br2F2N4O. The van der Waals surface area contributed by atoms with Crippen molar-refractivity contribution in [1.29, 1.82) is 0 Å². The number of aromatic nitrogens is 4. The minimum atomic E-state index is -0.998. The number of benzene rings is 2. The standard InChI is InChI=1S/C15H18BrFN2O.C10H10BrFN2/c1-8(2)19-12-7-10(16)6-11(17)13(12)18-14(19)15(3,20)9-4-5-9;1-6(2)14-5-13-10-8(12)3-7(11)4-9(10)14/h6-9,20H,4-5H2,1-3H3;3-6H,1-2H3. The molecule has 0 amide bonds. The normalized spacial score (nSPS) is 15.8. The van der Waals surface area contributed by atoms with Crippen molar-refractivity contribution in [2.24, 2.45) is 5.92 Å². The Morgan fingerprint density at radius 1 is 0.941 bits per heavy atom. The molecule has 5 nitrogen and oxygen atoms in total. The van der Waals surface area contributed by atoms with Crippen LogP contribution in [0.15, 0.2) is 39.5 Å².